The predicted molar refractivity (Wildman–Crippen MR) is 124 cm³/mol. The lowest BCUT2D eigenvalue weighted by atomic mass is 10.1. The largest absolute Gasteiger partial charge is 0.542 e. The van der Waals surface area contributed by atoms with E-state index in [9.17, 15) is 0 Å². The zero-order valence-electron chi connectivity index (χ0n) is 19.8. The standard InChI is InChI=1S/C22H45FO3Si2/c1-9-11-12-13-14-15-16-17-18-19-20(25-27(3,4)5)21(23)22(24-10-2)26-28(6,7)8/h19H,9-18H2,1-8H3/b20-19+,22-21+. The lowest BCUT2D eigenvalue weighted by Crippen LogP contribution is -2.28. The normalized spacial score (nSPS) is 14.0. The molecule has 0 spiro atoms. The Morgan fingerprint density at radius 2 is 1.25 bits per heavy atom. The summed E-state index contributed by atoms with van der Waals surface area (Å²) in [4.78, 5) is 0. The Labute approximate surface area is 176 Å². The number of ether oxygens (including phenoxy) is 1. The van der Waals surface area contributed by atoms with Gasteiger partial charge in [0, 0.05) is 0 Å². The molecule has 0 aromatic rings. The van der Waals surface area contributed by atoms with Crippen LogP contribution in [0.3, 0.4) is 0 Å². The molecule has 166 valence electrons. The molecule has 28 heavy (non-hydrogen) atoms. The summed E-state index contributed by atoms with van der Waals surface area (Å²) < 4.78 is 32.6. The zero-order valence-corrected chi connectivity index (χ0v) is 21.8. The summed E-state index contributed by atoms with van der Waals surface area (Å²) >= 11 is 0. The smallest absolute Gasteiger partial charge is 0.306 e. The van der Waals surface area contributed by atoms with Gasteiger partial charge in [-0.15, -0.1) is 0 Å². The van der Waals surface area contributed by atoms with Crippen molar-refractivity contribution in [1.29, 1.82) is 0 Å². The molecule has 0 heterocycles. The van der Waals surface area contributed by atoms with Crippen molar-refractivity contribution in [3.63, 3.8) is 0 Å². The fourth-order valence-electron chi connectivity index (χ4n) is 2.66. The first-order valence-corrected chi connectivity index (χ1v) is 17.9. The van der Waals surface area contributed by atoms with E-state index in [1.807, 2.05) is 32.6 Å². The van der Waals surface area contributed by atoms with E-state index in [1.165, 1.54) is 44.9 Å². The van der Waals surface area contributed by atoms with E-state index in [2.05, 4.69) is 26.6 Å². The molecular weight excluding hydrogens is 387 g/mol. The summed E-state index contributed by atoms with van der Waals surface area (Å²) in [7, 11) is -3.93. The quantitative estimate of drug-likeness (QED) is 0.106. The molecule has 0 saturated carbocycles. The number of hydrogen-bond donors (Lipinski definition) is 0. The van der Waals surface area contributed by atoms with E-state index in [4.69, 9.17) is 13.6 Å². The van der Waals surface area contributed by atoms with Gasteiger partial charge in [0.25, 0.3) is 0 Å². The van der Waals surface area contributed by atoms with Gasteiger partial charge >= 0.3 is 5.95 Å². The highest BCUT2D eigenvalue weighted by Crippen LogP contribution is 2.26. The Balaban J connectivity index is 4.95. The molecule has 0 unspecified atom stereocenters. The topological polar surface area (TPSA) is 27.7 Å². The molecular formula is C22H45FO3Si2. The van der Waals surface area contributed by atoms with Crippen molar-refractivity contribution in [3.05, 3.63) is 23.6 Å². The second-order valence-corrected chi connectivity index (χ2v) is 18.2. The maximum atomic E-state index is 15.2. The van der Waals surface area contributed by atoms with E-state index in [0.29, 0.717) is 12.4 Å². The van der Waals surface area contributed by atoms with Gasteiger partial charge in [-0.3, -0.25) is 0 Å². The van der Waals surface area contributed by atoms with Crippen molar-refractivity contribution in [2.45, 2.75) is 111 Å². The number of halogens is 1. The number of allylic oxidation sites excluding steroid dienone is 2. The average Bonchev–Trinajstić information content (AvgIpc) is 2.56. The van der Waals surface area contributed by atoms with Crippen molar-refractivity contribution >= 4 is 16.6 Å². The fraction of sp³-hybridized carbons (Fsp3) is 0.818. The Morgan fingerprint density at radius 3 is 1.71 bits per heavy atom. The summed E-state index contributed by atoms with van der Waals surface area (Å²) in [6.07, 6.45) is 12.8. The van der Waals surface area contributed by atoms with E-state index >= 15 is 4.39 Å². The molecule has 3 nitrogen and oxygen atoms in total. The molecule has 0 N–H and O–H groups in total. The average molecular weight is 433 g/mol. The minimum Gasteiger partial charge on any atom is -0.542 e. The highest BCUT2D eigenvalue weighted by atomic mass is 28.4. The molecule has 0 saturated heterocycles. The van der Waals surface area contributed by atoms with Crippen molar-refractivity contribution in [2.24, 2.45) is 0 Å². The molecule has 0 radical (unpaired) electrons. The maximum absolute atomic E-state index is 15.2. The van der Waals surface area contributed by atoms with Gasteiger partial charge in [0.15, 0.2) is 0 Å². The van der Waals surface area contributed by atoms with Crippen molar-refractivity contribution in [3.8, 4) is 0 Å². The summed E-state index contributed by atoms with van der Waals surface area (Å²) in [6, 6.07) is 0. The van der Waals surface area contributed by atoms with Crippen LogP contribution in [0.15, 0.2) is 23.6 Å². The van der Waals surface area contributed by atoms with Crippen LogP contribution in [0.4, 0.5) is 4.39 Å². The van der Waals surface area contributed by atoms with Gasteiger partial charge in [-0.1, -0.05) is 51.9 Å². The third kappa shape index (κ3) is 15.2. The molecule has 0 bridgehead atoms. The van der Waals surface area contributed by atoms with Crippen LogP contribution < -0.4 is 0 Å². The first kappa shape index (κ1) is 27.2. The van der Waals surface area contributed by atoms with Gasteiger partial charge in [-0.25, -0.2) is 0 Å². The molecule has 0 aromatic heterocycles. The third-order valence-electron chi connectivity index (χ3n) is 3.87. The Morgan fingerprint density at radius 1 is 0.750 bits per heavy atom. The SMILES string of the molecule is CCCCCCCCCC/C=C(O[Si](C)(C)C)\C(F)=C(\OCC)O[Si](C)(C)C. The summed E-state index contributed by atoms with van der Waals surface area (Å²) in [5.74, 6) is -0.211. The lowest BCUT2D eigenvalue weighted by molar-refractivity contribution is 0.0984. The Kier molecular flexibility index (Phi) is 13.9. The third-order valence-corrected chi connectivity index (χ3v) is 5.50. The van der Waals surface area contributed by atoms with Crippen LogP contribution in [0.5, 0.6) is 0 Å². The van der Waals surface area contributed by atoms with Gasteiger partial charge in [-0.05, 0) is 65.1 Å². The molecule has 0 aliphatic rings. The van der Waals surface area contributed by atoms with Crippen LogP contribution in [0, 0.1) is 0 Å². The van der Waals surface area contributed by atoms with E-state index in [0.717, 1.165) is 12.8 Å². The monoisotopic (exact) mass is 432 g/mol. The van der Waals surface area contributed by atoms with Crippen LogP contribution in [-0.4, -0.2) is 23.2 Å². The molecule has 0 aromatic carbocycles. The lowest BCUT2D eigenvalue weighted by Gasteiger charge is -2.25. The van der Waals surface area contributed by atoms with E-state index < -0.39 is 22.5 Å². The molecule has 0 fully saturated rings. The first-order valence-electron chi connectivity index (χ1n) is 11.1. The minimum absolute atomic E-state index is 0.0120. The van der Waals surface area contributed by atoms with Gasteiger partial charge in [0.1, 0.15) is 5.76 Å². The van der Waals surface area contributed by atoms with Crippen LogP contribution in [0.2, 0.25) is 39.3 Å². The molecule has 0 rings (SSSR count). The number of hydrogen-bond acceptors (Lipinski definition) is 3. The highest BCUT2D eigenvalue weighted by Gasteiger charge is 2.27. The maximum Gasteiger partial charge on any atom is 0.306 e. The Hall–Kier alpha value is -0.756. The molecule has 0 atom stereocenters. The van der Waals surface area contributed by atoms with Gasteiger partial charge in [-0.2, -0.15) is 4.39 Å². The highest BCUT2D eigenvalue weighted by molar-refractivity contribution is 6.70. The summed E-state index contributed by atoms with van der Waals surface area (Å²) in [5.41, 5.74) is 0. The van der Waals surface area contributed by atoms with Crippen LogP contribution in [-0.2, 0) is 13.6 Å². The summed E-state index contributed by atoms with van der Waals surface area (Å²) in [6.45, 7) is 16.7. The van der Waals surface area contributed by atoms with Crippen molar-refractivity contribution in [1.82, 2.24) is 0 Å². The zero-order chi connectivity index (χ0) is 21.6. The first-order chi connectivity index (χ1) is 13.0. The van der Waals surface area contributed by atoms with Gasteiger partial charge in [0.05, 0.1) is 6.61 Å². The second-order valence-electron chi connectivity index (χ2n) is 9.30. The molecule has 0 amide bonds. The van der Waals surface area contributed by atoms with Crippen molar-refractivity contribution < 1.29 is 18.0 Å². The van der Waals surface area contributed by atoms with Crippen LogP contribution in [0.1, 0.15) is 71.6 Å². The predicted octanol–water partition coefficient (Wildman–Crippen LogP) is 8.28. The molecule has 0 aliphatic carbocycles. The van der Waals surface area contributed by atoms with E-state index in [1.54, 1.807) is 0 Å². The molecule has 6 heteroatoms. The Bertz CT molecular complexity index is 477. The second kappa shape index (κ2) is 14.3. The van der Waals surface area contributed by atoms with E-state index in [-0.39, 0.29) is 5.95 Å². The minimum atomic E-state index is -1.98. The van der Waals surface area contributed by atoms with Crippen molar-refractivity contribution in [2.75, 3.05) is 6.61 Å². The fourth-order valence-corrected chi connectivity index (χ4v) is 4.20. The van der Waals surface area contributed by atoms with Crippen LogP contribution >= 0.6 is 0 Å². The summed E-state index contributed by atoms with van der Waals surface area (Å²) in [5, 5.41) is 0. The van der Waals surface area contributed by atoms with Gasteiger partial charge in [0.2, 0.25) is 22.5 Å². The van der Waals surface area contributed by atoms with Gasteiger partial charge < -0.3 is 13.6 Å². The number of unbranched alkanes of at least 4 members (excludes halogenated alkanes) is 8. The number of rotatable bonds is 16. The molecule has 0 aliphatic heterocycles. The van der Waals surface area contributed by atoms with Crippen LogP contribution in [0.25, 0.3) is 0 Å².